The molecule has 35 heavy (non-hydrogen) atoms. The first kappa shape index (κ1) is 24.2. The van der Waals surface area contributed by atoms with E-state index in [4.69, 9.17) is 4.74 Å². The summed E-state index contributed by atoms with van der Waals surface area (Å²) in [4.78, 5) is 41.2. The van der Waals surface area contributed by atoms with Gasteiger partial charge in [0.2, 0.25) is 11.8 Å². The molecule has 1 fully saturated rings. The predicted molar refractivity (Wildman–Crippen MR) is 132 cm³/mol. The Kier molecular flexibility index (Phi) is 7.62. The summed E-state index contributed by atoms with van der Waals surface area (Å²) in [6, 6.07) is 19.2. The number of benzene rings is 3. The minimum Gasteiger partial charge on any atom is -0.508 e. The van der Waals surface area contributed by atoms with E-state index in [0.29, 0.717) is 38.3 Å². The number of phenols is 1. The largest absolute Gasteiger partial charge is 0.508 e. The topological polar surface area (TPSA) is 99.2 Å². The normalized spacial score (nSPS) is 14.5. The van der Waals surface area contributed by atoms with Gasteiger partial charge in [0.15, 0.2) is 0 Å². The Morgan fingerprint density at radius 1 is 0.914 bits per heavy atom. The van der Waals surface area contributed by atoms with Crippen LogP contribution in [0.5, 0.6) is 5.75 Å². The molecule has 0 saturated carbocycles. The zero-order valence-corrected chi connectivity index (χ0v) is 19.6. The van der Waals surface area contributed by atoms with Gasteiger partial charge in [-0.3, -0.25) is 14.4 Å². The Morgan fingerprint density at radius 3 is 2.29 bits per heavy atom. The molecule has 0 radical (unpaired) electrons. The molecule has 8 heteroatoms. The maximum Gasteiger partial charge on any atom is 0.253 e. The minimum atomic E-state index is -0.782. The van der Waals surface area contributed by atoms with Gasteiger partial charge in [0, 0.05) is 38.7 Å². The van der Waals surface area contributed by atoms with E-state index in [0.717, 1.165) is 16.3 Å². The Morgan fingerprint density at radius 2 is 1.57 bits per heavy atom. The van der Waals surface area contributed by atoms with Crippen LogP contribution in [0.15, 0.2) is 66.7 Å². The van der Waals surface area contributed by atoms with Crippen LogP contribution in [0.25, 0.3) is 10.8 Å². The van der Waals surface area contributed by atoms with Gasteiger partial charge in [-0.15, -0.1) is 0 Å². The van der Waals surface area contributed by atoms with Crippen LogP contribution >= 0.6 is 0 Å². The average Bonchev–Trinajstić information content (AvgIpc) is 2.87. The zero-order chi connectivity index (χ0) is 24.8. The molecule has 3 amide bonds. The molecule has 4 rings (SSSR count). The van der Waals surface area contributed by atoms with E-state index < -0.39 is 6.04 Å². The van der Waals surface area contributed by atoms with Crippen molar-refractivity contribution >= 4 is 28.5 Å². The number of aromatic hydroxyl groups is 1. The molecule has 0 spiro atoms. The monoisotopic (exact) mass is 475 g/mol. The summed E-state index contributed by atoms with van der Waals surface area (Å²) in [6.07, 6.45) is 0. The third-order valence-corrected chi connectivity index (χ3v) is 6.02. The number of carbonyl (C=O) groups excluding carboxylic acids is 3. The highest BCUT2D eigenvalue weighted by Gasteiger charge is 2.30. The van der Waals surface area contributed by atoms with Crippen LogP contribution in [0.4, 0.5) is 0 Å². The summed E-state index contributed by atoms with van der Waals surface area (Å²) < 4.78 is 5.71. The summed E-state index contributed by atoms with van der Waals surface area (Å²) >= 11 is 0. The molecule has 1 unspecified atom stereocenters. The second-order valence-electron chi connectivity index (χ2n) is 8.62. The van der Waals surface area contributed by atoms with E-state index in [1.807, 2.05) is 42.5 Å². The maximum atomic E-state index is 13.1. The molecule has 3 aromatic rings. The molecular weight excluding hydrogens is 446 g/mol. The number of fused-ring (bicyclic) bond motifs is 1. The average molecular weight is 476 g/mol. The number of carbonyl (C=O) groups is 3. The van der Waals surface area contributed by atoms with Crippen molar-refractivity contribution in [2.24, 2.45) is 0 Å². The highest BCUT2D eigenvalue weighted by Crippen LogP contribution is 2.22. The van der Waals surface area contributed by atoms with Gasteiger partial charge in [-0.2, -0.15) is 0 Å². The van der Waals surface area contributed by atoms with Crippen molar-refractivity contribution < 1.29 is 24.2 Å². The fourth-order valence-electron chi connectivity index (χ4n) is 4.19. The number of ether oxygens (including phenoxy) is 1. The fraction of sp³-hybridized carbons (Fsp3) is 0.296. The molecule has 1 heterocycles. The highest BCUT2D eigenvalue weighted by molar-refractivity contribution is 5.99. The molecule has 1 aliphatic rings. The summed E-state index contributed by atoms with van der Waals surface area (Å²) in [7, 11) is 0. The zero-order valence-electron chi connectivity index (χ0n) is 19.6. The Labute approximate surface area is 204 Å². The van der Waals surface area contributed by atoms with Crippen molar-refractivity contribution in [1.29, 1.82) is 0 Å². The number of amides is 3. The molecule has 182 valence electrons. The first-order valence-electron chi connectivity index (χ1n) is 11.6. The van der Waals surface area contributed by atoms with E-state index in [1.165, 1.54) is 6.92 Å². The Hall–Kier alpha value is -3.91. The van der Waals surface area contributed by atoms with Gasteiger partial charge in [0.1, 0.15) is 11.8 Å². The number of nitrogens with one attached hydrogen (secondary N) is 1. The van der Waals surface area contributed by atoms with E-state index in [-0.39, 0.29) is 30.1 Å². The summed E-state index contributed by atoms with van der Waals surface area (Å²) in [5, 5.41) is 14.0. The molecule has 8 nitrogen and oxygen atoms in total. The van der Waals surface area contributed by atoms with Crippen LogP contribution in [0.2, 0.25) is 0 Å². The van der Waals surface area contributed by atoms with Gasteiger partial charge in [0.05, 0.1) is 13.2 Å². The van der Waals surface area contributed by atoms with Gasteiger partial charge in [-0.05, 0) is 40.6 Å². The van der Waals surface area contributed by atoms with E-state index in [1.54, 1.807) is 34.1 Å². The van der Waals surface area contributed by atoms with Gasteiger partial charge < -0.3 is 25.0 Å². The smallest absolute Gasteiger partial charge is 0.253 e. The number of hydrogen-bond donors (Lipinski definition) is 2. The summed E-state index contributed by atoms with van der Waals surface area (Å²) in [6.45, 7) is 3.34. The molecule has 0 aliphatic carbocycles. The van der Waals surface area contributed by atoms with E-state index in [2.05, 4.69) is 5.32 Å². The predicted octanol–water partition coefficient (Wildman–Crippen LogP) is 2.55. The third kappa shape index (κ3) is 6.16. The van der Waals surface area contributed by atoms with Crippen molar-refractivity contribution in [2.45, 2.75) is 19.6 Å². The molecule has 1 saturated heterocycles. The molecule has 1 atom stereocenters. The lowest BCUT2D eigenvalue weighted by Gasteiger charge is -2.36. The third-order valence-electron chi connectivity index (χ3n) is 6.02. The molecule has 3 aromatic carbocycles. The van der Waals surface area contributed by atoms with Gasteiger partial charge in [0.25, 0.3) is 5.91 Å². The van der Waals surface area contributed by atoms with E-state index >= 15 is 0 Å². The van der Waals surface area contributed by atoms with Crippen LogP contribution in [-0.4, -0.2) is 71.5 Å². The summed E-state index contributed by atoms with van der Waals surface area (Å²) in [5.74, 6) is -0.437. The Balaban J connectivity index is 1.34. The van der Waals surface area contributed by atoms with Crippen LogP contribution in [0, 0.1) is 0 Å². The van der Waals surface area contributed by atoms with Crippen LogP contribution in [0.1, 0.15) is 22.8 Å². The Bertz CT molecular complexity index is 1210. The first-order chi connectivity index (χ1) is 16.9. The lowest BCUT2D eigenvalue weighted by atomic mass is 10.1. The van der Waals surface area contributed by atoms with Crippen LogP contribution in [-0.2, 0) is 20.9 Å². The van der Waals surface area contributed by atoms with Crippen LogP contribution < -0.4 is 5.32 Å². The number of piperazine rings is 1. The van der Waals surface area contributed by atoms with Crippen LogP contribution in [0.3, 0.4) is 0 Å². The first-order valence-corrected chi connectivity index (χ1v) is 11.6. The SMILES string of the molecule is CC(=O)NC(COCc1ccccc1)C(=O)N1CCN(C(=O)c2ccc3cc(O)ccc3c2)CC1. The standard InChI is InChI=1S/C27H29N3O5/c1-19(31)28-25(18-35-17-20-5-3-2-4-6-20)27(34)30-13-11-29(12-14-30)26(33)23-8-7-22-16-24(32)10-9-21(22)15-23/h2-10,15-16,25,32H,11-14,17-18H2,1H3,(H,28,31). The number of phenolic OH excluding ortho intramolecular Hbond substituents is 1. The molecule has 0 bridgehead atoms. The molecular formula is C27H29N3O5. The second kappa shape index (κ2) is 11.0. The molecule has 2 N–H and O–H groups in total. The second-order valence-corrected chi connectivity index (χ2v) is 8.62. The fourth-order valence-corrected chi connectivity index (χ4v) is 4.19. The summed E-state index contributed by atoms with van der Waals surface area (Å²) in [5.41, 5.74) is 1.55. The highest BCUT2D eigenvalue weighted by atomic mass is 16.5. The number of hydrogen-bond acceptors (Lipinski definition) is 5. The van der Waals surface area contributed by atoms with Crippen molar-refractivity contribution in [2.75, 3.05) is 32.8 Å². The molecule has 0 aromatic heterocycles. The quantitative estimate of drug-likeness (QED) is 0.547. The van der Waals surface area contributed by atoms with Crippen molar-refractivity contribution in [3.8, 4) is 5.75 Å². The lowest BCUT2D eigenvalue weighted by Crippen LogP contribution is -2.56. The number of rotatable bonds is 7. The van der Waals surface area contributed by atoms with Gasteiger partial charge in [-0.1, -0.05) is 42.5 Å². The van der Waals surface area contributed by atoms with Gasteiger partial charge >= 0.3 is 0 Å². The lowest BCUT2D eigenvalue weighted by molar-refractivity contribution is -0.139. The van der Waals surface area contributed by atoms with Crippen molar-refractivity contribution in [3.63, 3.8) is 0 Å². The number of nitrogens with zero attached hydrogens (tertiary/aromatic N) is 2. The van der Waals surface area contributed by atoms with Crippen molar-refractivity contribution in [3.05, 3.63) is 77.9 Å². The van der Waals surface area contributed by atoms with Gasteiger partial charge in [-0.25, -0.2) is 0 Å². The van der Waals surface area contributed by atoms with E-state index in [9.17, 15) is 19.5 Å². The minimum absolute atomic E-state index is 0.0685. The molecule has 1 aliphatic heterocycles. The maximum absolute atomic E-state index is 13.1. The van der Waals surface area contributed by atoms with Crippen molar-refractivity contribution in [1.82, 2.24) is 15.1 Å².